The molecule has 2 aromatic rings. The molecule has 2 aromatic heterocycles. The van der Waals surface area contributed by atoms with Gasteiger partial charge in [0, 0.05) is 62.1 Å². The molecule has 11 heteroatoms. The molecule has 2 saturated heterocycles. The summed E-state index contributed by atoms with van der Waals surface area (Å²) in [5, 5.41) is 0. The molecule has 2 fully saturated rings. The maximum Gasteiger partial charge on any atom is 0.410 e. The van der Waals surface area contributed by atoms with E-state index in [4.69, 9.17) is 14.2 Å². The number of methoxy groups -OCH3 is 1. The van der Waals surface area contributed by atoms with Gasteiger partial charge in [-0.25, -0.2) is 9.78 Å². The number of carbonyl (C=O) groups excluding carboxylic acids is 4. The quantitative estimate of drug-likeness (QED) is 0.209. The standard InChI is InChI=1S/C35H50N4O7/c1-9-28-35(7)31(24(4)29(40)22(2)17-34(6,44-8)18-23(3)30(41)25(5)32(42)45-28)39(33(43)46-35)16-11-10-15-38-20-27(37-21-38)26-13-12-14-36-19-26/h12-14,19-25,28,31H,9-11,15-18H2,1-8H3/t22-,23-,24+,25-,28-,31-,34-,35-/m1/s1. The van der Waals surface area contributed by atoms with E-state index in [-0.39, 0.29) is 11.6 Å². The third-order valence-electron chi connectivity index (χ3n) is 10.0. The molecule has 0 saturated carbocycles. The summed E-state index contributed by atoms with van der Waals surface area (Å²) in [5.41, 5.74) is -0.295. The first kappa shape index (κ1) is 35.3. The predicted octanol–water partition coefficient (Wildman–Crippen LogP) is 5.51. The molecule has 11 nitrogen and oxygen atoms in total. The van der Waals surface area contributed by atoms with Crippen LogP contribution in [0.1, 0.15) is 80.6 Å². The summed E-state index contributed by atoms with van der Waals surface area (Å²) < 4.78 is 19.9. The van der Waals surface area contributed by atoms with E-state index >= 15 is 0 Å². The van der Waals surface area contributed by atoms with Gasteiger partial charge >= 0.3 is 12.1 Å². The van der Waals surface area contributed by atoms with Gasteiger partial charge in [-0.15, -0.1) is 0 Å². The van der Waals surface area contributed by atoms with Gasteiger partial charge in [-0.3, -0.25) is 19.4 Å². The van der Waals surface area contributed by atoms with Crippen molar-refractivity contribution in [1.29, 1.82) is 0 Å². The number of ketones is 2. The van der Waals surface area contributed by atoms with Crippen molar-refractivity contribution in [2.24, 2.45) is 23.7 Å². The van der Waals surface area contributed by atoms with Crippen molar-refractivity contribution < 1.29 is 33.4 Å². The lowest BCUT2D eigenvalue weighted by Gasteiger charge is -2.41. The second-order valence-corrected chi connectivity index (χ2v) is 13.6. The van der Waals surface area contributed by atoms with Crippen molar-refractivity contribution in [3.05, 3.63) is 37.1 Å². The number of fused-ring (bicyclic) bond motifs is 1. The van der Waals surface area contributed by atoms with Crippen LogP contribution in [0.4, 0.5) is 4.79 Å². The molecule has 0 spiro atoms. The number of cyclic esters (lactones) is 1. The molecule has 2 aliphatic rings. The van der Waals surface area contributed by atoms with Gasteiger partial charge in [-0.05, 0) is 65.0 Å². The van der Waals surface area contributed by atoms with E-state index in [1.54, 1.807) is 51.5 Å². The van der Waals surface area contributed by atoms with Crippen LogP contribution in [-0.4, -0.2) is 80.1 Å². The second kappa shape index (κ2) is 14.4. The number of hydrogen-bond donors (Lipinski definition) is 0. The summed E-state index contributed by atoms with van der Waals surface area (Å²) in [6, 6.07) is 3.15. The number of unbranched alkanes of at least 4 members (excludes halogenated alkanes) is 1. The van der Waals surface area contributed by atoms with Gasteiger partial charge in [0.1, 0.15) is 23.6 Å². The highest BCUT2D eigenvalue weighted by Crippen LogP contribution is 2.42. The van der Waals surface area contributed by atoms with Crippen molar-refractivity contribution in [2.45, 2.75) is 110 Å². The molecular formula is C35H50N4O7. The first-order valence-electron chi connectivity index (χ1n) is 16.5. The first-order chi connectivity index (χ1) is 21.7. The Labute approximate surface area is 272 Å². The molecule has 0 unspecified atom stereocenters. The van der Waals surface area contributed by atoms with Gasteiger partial charge in [0.15, 0.2) is 5.60 Å². The Bertz CT molecular complexity index is 1400. The van der Waals surface area contributed by atoms with E-state index in [2.05, 4.69) is 9.97 Å². The number of imidazole rings is 1. The lowest BCUT2D eigenvalue weighted by atomic mass is 9.74. The number of rotatable bonds is 8. The van der Waals surface area contributed by atoms with Gasteiger partial charge in [-0.2, -0.15) is 0 Å². The molecule has 4 heterocycles. The Morgan fingerprint density at radius 3 is 2.30 bits per heavy atom. The number of esters is 1. The number of nitrogens with zero attached hydrogens (tertiary/aromatic N) is 4. The van der Waals surface area contributed by atoms with Gasteiger partial charge in [0.25, 0.3) is 0 Å². The number of pyridine rings is 1. The monoisotopic (exact) mass is 638 g/mol. The number of aromatic nitrogens is 3. The Hall–Kier alpha value is -3.60. The van der Waals surface area contributed by atoms with E-state index in [0.29, 0.717) is 38.8 Å². The lowest BCUT2D eigenvalue weighted by molar-refractivity contribution is -0.171. The van der Waals surface area contributed by atoms with Gasteiger partial charge in [-0.1, -0.05) is 27.7 Å². The fourth-order valence-corrected chi connectivity index (χ4v) is 7.45. The summed E-state index contributed by atoms with van der Waals surface area (Å²) in [6.45, 7) is 13.6. The second-order valence-electron chi connectivity index (χ2n) is 13.6. The largest absolute Gasteiger partial charge is 0.458 e. The summed E-state index contributed by atoms with van der Waals surface area (Å²) in [5.74, 6) is -3.45. The maximum absolute atomic E-state index is 14.1. The van der Waals surface area contributed by atoms with Crippen LogP contribution in [0, 0.1) is 23.7 Å². The van der Waals surface area contributed by atoms with Crippen molar-refractivity contribution in [3.8, 4) is 11.3 Å². The molecule has 2 aliphatic heterocycles. The Kier molecular flexibility index (Phi) is 11.1. The van der Waals surface area contributed by atoms with Crippen molar-refractivity contribution in [1.82, 2.24) is 19.4 Å². The SMILES string of the molecule is CC[C@H]1OC(=O)[C@H](C)C(=O)[C@H](C)C[C@](C)(OC)C[C@@H](C)C(=O)[C@H](C)[C@H]2N(CCCCn3cnc(-c4cccnc4)c3)C(=O)O[C@]12C. The van der Waals surface area contributed by atoms with Crippen LogP contribution in [0.15, 0.2) is 37.1 Å². The van der Waals surface area contributed by atoms with Crippen LogP contribution in [0.25, 0.3) is 11.3 Å². The Balaban J connectivity index is 1.58. The van der Waals surface area contributed by atoms with Gasteiger partial charge in [0.2, 0.25) is 0 Å². The molecule has 0 bridgehead atoms. The third kappa shape index (κ3) is 7.35. The topological polar surface area (TPSA) is 130 Å². The van der Waals surface area contributed by atoms with Gasteiger partial charge in [0.05, 0.1) is 23.7 Å². The lowest BCUT2D eigenvalue weighted by Crippen LogP contribution is -2.58. The van der Waals surface area contributed by atoms with Crippen LogP contribution < -0.4 is 0 Å². The van der Waals surface area contributed by atoms with Crippen LogP contribution in [0.5, 0.6) is 0 Å². The van der Waals surface area contributed by atoms with E-state index in [9.17, 15) is 19.2 Å². The third-order valence-corrected chi connectivity index (χ3v) is 10.0. The summed E-state index contributed by atoms with van der Waals surface area (Å²) in [6.07, 6.45) is 8.36. The molecule has 252 valence electrons. The molecule has 46 heavy (non-hydrogen) atoms. The van der Waals surface area contributed by atoms with Crippen LogP contribution in [0.3, 0.4) is 0 Å². The smallest absolute Gasteiger partial charge is 0.410 e. The van der Waals surface area contributed by atoms with Gasteiger partial charge < -0.3 is 23.7 Å². The number of hydrogen-bond acceptors (Lipinski definition) is 9. The molecule has 0 aliphatic carbocycles. The van der Waals surface area contributed by atoms with Crippen LogP contribution in [-0.2, 0) is 35.1 Å². The zero-order valence-electron chi connectivity index (χ0n) is 28.5. The number of carbonyl (C=O) groups is 4. The van der Waals surface area contributed by atoms with Crippen molar-refractivity contribution in [3.63, 3.8) is 0 Å². The van der Waals surface area contributed by atoms with E-state index in [1.807, 2.05) is 50.6 Å². The normalized spacial score (nSPS) is 32.9. The highest BCUT2D eigenvalue weighted by molar-refractivity contribution is 5.99. The molecule has 8 atom stereocenters. The van der Waals surface area contributed by atoms with E-state index < -0.39 is 59.1 Å². The maximum atomic E-state index is 14.1. The average Bonchev–Trinajstić information content (AvgIpc) is 3.61. The highest BCUT2D eigenvalue weighted by atomic mass is 16.6. The molecule has 0 N–H and O–H groups in total. The Morgan fingerprint density at radius 1 is 1.00 bits per heavy atom. The van der Waals surface area contributed by atoms with Crippen LogP contribution in [0.2, 0.25) is 0 Å². The average molecular weight is 639 g/mol. The summed E-state index contributed by atoms with van der Waals surface area (Å²) in [4.78, 5) is 64.6. The molecule has 0 radical (unpaired) electrons. The van der Waals surface area contributed by atoms with E-state index in [1.165, 1.54) is 0 Å². The molecule has 4 rings (SSSR count). The Morgan fingerprint density at radius 2 is 1.67 bits per heavy atom. The predicted molar refractivity (Wildman–Crippen MR) is 172 cm³/mol. The minimum Gasteiger partial charge on any atom is -0.458 e. The van der Waals surface area contributed by atoms with Crippen molar-refractivity contribution in [2.75, 3.05) is 13.7 Å². The zero-order valence-corrected chi connectivity index (χ0v) is 28.5. The highest BCUT2D eigenvalue weighted by Gasteiger charge is 2.59. The summed E-state index contributed by atoms with van der Waals surface area (Å²) in [7, 11) is 1.58. The van der Waals surface area contributed by atoms with Crippen LogP contribution >= 0.6 is 0 Å². The zero-order chi connectivity index (χ0) is 33.8. The fourth-order valence-electron chi connectivity index (χ4n) is 7.45. The summed E-state index contributed by atoms with van der Waals surface area (Å²) >= 11 is 0. The molecule has 0 aromatic carbocycles. The van der Waals surface area contributed by atoms with Crippen molar-refractivity contribution >= 4 is 23.6 Å². The minimum atomic E-state index is -1.30. The number of ether oxygens (including phenoxy) is 3. The first-order valence-corrected chi connectivity index (χ1v) is 16.5. The minimum absolute atomic E-state index is 0.0327. The fraction of sp³-hybridized carbons (Fsp3) is 0.657. The molecule has 1 amide bonds. The van der Waals surface area contributed by atoms with E-state index in [0.717, 1.165) is 17.7 Å². The number of Topliss-reactive ketones (excluding diaryl/α,β-unsaturated/α-hetero) is 2. The number of aryl methyl sites for hydroxylation is 1. The molecular weight excluding hydrogens is 588 g/mol. The number of amides is 1.